The normalized spacial score (nSPS) is 20.1. The number of pyridine rings is 1. The SMILES string of the molecule is CC(=O)NCC1CCCN(c2ccccn2)C1. The maximum absolute atomic E-state index is 10.9. The molecule has 0 radical (unpaired) electrons. The third-order valence-corrected chi connectivity index (χ3v) is 3.13. The van der Waals surface area contributed by atoms with Crippen LogP contribution in [0.15, 0.2) is 24.4 Å². The van der Waals surface area contributed by atoms with Gasteiger partial charge in [-0.1, -0.05) is 6.07 Å². The van der Waals surface area contributed by atoms with Crippen molar-refractivity contribution >= 4 is 11.7 Å². The van der Waals surface area contributed by atoms with Gasteiger partial charge >= 0.3 is 0 Å². The molecule has 0 aliphatic carbocycles. The van der Waals surface area contributed by atoms with Crippen molar-refractivity contribution < 1.29 is 4.79 Å². The number of piperidine rings is 1. The van der Waals surface area contributed by atoms with Crippen LogP contribution in [-0.4, -0.2) is 30.5 Å². The molecule has 17 heavy (non-hydrogen) atoms. The lowest BCUT2D eigenvalue weighted by atomic mass is 9.98. The summed E-state index contributed by atoms with van der Waals surface area (Å²) in [6, 6.07) is 5.99. The lowest BCUT2D eigenvalue weighted by Gasteiger charge is -2.33. The van der Waals surface area contributed by atoms with Gasteiger partial charge in [-0.25, -0.2) is 4.98 Å². The van der Waals surface area contributed by atoms with Crippen molar-refractivity contribution in [2.24, 2.45) is 5.92 Å². The summed E-state index contributed by atoms with van der Waals surface area (Å²) in [6.45, 7) is 4.39. The van der Waals surface area contributed by atoms with E-state index in [9.17, 15) is 4.79 Å². The minimum atomic E-state index is 0.0555. The first kappa shape index (κ1) is 11.9. The van der Waals surface area contributed by atoms with Crippen LogP contribution in [0.2, 0.25) is 0 Å². The summed E-state index contributed by atoms with van der Waals surface area (Å²) in [5.74, 6) is 1.63. The van der Waals surface area contributed by atoms with Gasteiger partial charge in [-0.05, 0) is 30.9 Å². The van der Waals surface area contributed by atoms with Crippen molar-refractivity contribution in [3.8, 4) is 0 Å². The largest absolute Gasteiger partial charge is 0.356 e. The van der Waals surface area contributed by atoms with Crippen molar-refractivity contribution in [3.63, 3.8) is 0 Å². The van der Waals surface area contributed by atoms with Crippen LogP contribution in [0.5, 0.6) is 0 Å². The van der Waals surface area contributed by atoms with Gasteiger partial charge in [0.2, 0.25) is 5.91 Å². The highest BCUT2D eigenvalue weighted by Crippen LogP contribution is 2.20. The number of carbonyl (C=O) groups is 1. The average molecular weight is 233 g/mol. The number of hydrogen-bond donors (Lipinski definition) is 1. The monoisotopic (exact) mass is 233 g/mol. The molecule has 1 aromatic rings. The number of nitrogens with one attached hydrogen (secondary N) is 1. The fraction of sp³-hybridized carbons (Fsp3) is 0.538. The third kappa shape index (κ3) is 3.44. The van der Waals surface area contributed by atoms with E-state index >= 15 is 0 Å². The molecule has 1 fully saturated rings. The number of nitrogens with zero attached hydrogens (tertiary/aromatic N) is 2. The molecule has 0 aromatic carbocycles. The van der Waals surface area contributed by atoms with Crippen molar-refractivity contribution in [2.75, 3.05) is 24.5 Å². The topological polar surface area (TPSA) is 45.2 Å². The quantitative estimate of drug-likeness (QED) is 0.859. The molecular formula is C13H19N3O. The number of carbonyl (C=O) groups excluding carboxylic acids is 1. The predicted octanol–water partition coefficient (Wildman–Crippen LogP) is 1.43. The Hall–Kier alpha value is -1.58. The van der Waals surface area contributed by atoms with Gasteiger partial charge in [0.05, 0.1) is 0 Å². The van der Waals surface area contributed by atoms with E-state index in [4.69, 9.17) is 0 Å². The summed E-state index contributed by atoms with van der Waals surface area (Å²) >= 11 is 0. The van der Waals surface area contributed by atoms with E-state index in [1.807, 2.05) is 24.4 Å². The third-order valence-electron chi connectivity index (χ3n) is 3.13. The van der Waals surface area contributed by atoms with Crippen LogP contribution in [0.25, 0.3) is 0 Å². The van der Waals surface area contributed by atoms with Crippen molar-refractivity contribution in [1.82, 2.24) is 10.3 Å². The first-order valence-corrected chi connectivity index (χ1v) is 6.16. The van der Waals surface area contributed by atoms with E-state index in [2.05, 4.69) is 15.2 Å². The van der Waals surface area contributed by atoms with Gasteiger partial charge in [0, 0.05) is 32.8 Å². The van der Waals surface area contributed by atoms with Gasteiger partial charge in [0.25, 0.3) is 0 Å². The van der Waals surface area contributed by atoms with Crippen LogP contribution in [0.3, 0.4) is 0 Å². The predicted molar refractivity (Wildman–Crippen MR) is 67.9 cm³/mol. The summed E-state index contributed by atoms with van der Waals surface area (Å²) in [4.78, 5) is 17.6. The molecule has 0 spiro atoms. The number of hydrogen-bond acceptors (Lipinski definition) is 3. The van der Waals surface area contributed by atoms with Gasteiger partial charge in [-0.15, -0.1) is 0 Å². The molecule has 1 atom stereocenters. The molecule has 1 aromatic heterocycles. The number of anilines is 1. The molecule has 4 nitrogen and oxygen atoms in total. The van der Waals surface area contributed by atoms with Gasteiger partial charge in [-0.3, -0.25) is 4.79 Å². The smallest absolute Gasteiger partial charge is 0.216 e. The maximum Gasteiger partial charge on any atom is 0.216 e. The van der Waals surface area contributed by atoms with Crippen molar-refractivity contribution in [3.05, 3.63) is 24.4 Å². The van der Waals surface area contributed by atoms with Gasteiger partial charge < -0.3 is 10.2 Å². The fourth-order valence-electron chi connectivity index (χ4n) is 2.27. The van der Waals surface area contributed by atoms with Crippen LogP contribution in [0, 0.1) is 5.92 Å². The number of amides is 1. The fourth-order valence-corrected chi connectivity index (χ4v) is 2.27. The van der Waals surface area contributed by atoms with Crippen LogP contribution >= 0.6 is 0 Å². The molecule has 1 amide bonds. The average Bonchev–Trinajstić information content (AvgIpc) is 2.38. The first-order valence-electron chi connectivity index (χ1n) is 6.16. The van der Waals surface area contributed by atoms with Crippen LogP contribution in [-0.2, 0) is 4.79 Å². The van der Waals surface area contributed by atoms with Crippen LogP contribution in [0.4, 0.5) is 5.82 Å². The Balaban J connectivity index is 1.91. The Kier molecular flexibility index (Phi) is 3.96. The maximum atomic E-state index is 10.9. The molecule has 1 aliphatic rings. The van der Waals surface area contributed by atoms with E-state index < -0.39 is 0 Å². The van der Waals surface area contributed by atoms with Gasteiger partial charge in [0.1, 0.15) is 5.82 Å². The highest BCUT2D eigenvalue weighted by Gasteiger charge is 2.20. The summed E-state index contributed by atoms with van der Waals surface area (Å²) in [6.07, 6.45) is 4.18. The highest BCUT2D eigenvalue weighted by atomic mass is 16.1. The molecule has 2 rings (SSSR count). The summed E-state index contributed by atoms with van der Waals surface area (Å²) in [5, 5.41) is 2.90. The van der Waals surface area contributed by atoms with Crippen molar-refractivity contribution in [1.29, 1.82) is 0 Å². The standard InChI is InChI=1S/C13H19N3O/c1-11(17)15-9-12-5-4-8-16(10-12)13-6-2-3-7-14-13/h2-3,6-7,12H,4-5,8-10H2,1H3,(H,15,17). The Labute approximate surface area is 102 Å². The second-order valence-electron chi connectivity index (χ2n) is 4.58. The van der Waals surface area contributed by atoms with E-state index in [1.165, 1.54) is 12.8 Å². The summed E-state index contributed by atoms with van der Waals surface area (Å²) in [7, 11) is 0. The molecule has 1 unspecified atom stereocenters. The zero-order chi connectivity index (χ0) is 12.1. The molecule has 0 saturated carbocycles. The molecule has 92 valence electrons. The van der Waals surface area contributed by atoms with E-state index in [0.29, 0.717) is 5.92 Å². The van der Waals surface area contributed by atoms with E-state index in [-0.39, 0.29) is 5.91 Å². The molecule has 1 saturated heterocycles. The minimum absolute atomic E-state index is 0.0555. The van der Waals surface area contributed by atoms with E-state index in [1.54, 1.807) is 6.92 Å². The number of aromatic nitrogens is 1. The van der Waals surface area contributed by atoms with Crippen LogP contribution in [0.1, 0.15) is 19.8 Å². The Morgan fingerprint density at radius 1 is 1.59 bits per heavy atom. The van der Waals surface area contributed by atoms with E-state index in [0.717, 1.165) is 25.5 Å². The van der Waals surface area contributed by atoms with Crippen LogP contribution < -0.4 is 10.2 Å². The molecule has 1 N–H and O–H groups in total. The molecule has 2 heterocycles. The lowest BCUT2D eigenvalue weighted by Crippen LogP contribution is -2.40. The highest BCUT2D eigenvalue weighted by molar-refractivity contribution is 5.72. The Bertz CT molecular complexity index is 366. The zero-order valence-electron chi connectivity index (χ0n) is 10.2. The van der Waals surface area contributed by atoms with Gasteiger partial charge in [0.15, 0.2) is 0 Å². The molecular weight excluding hydrogens is 214 g/mol. The molecule has 4 heteroatoms. The second kappa shape index (κ2) is 5.66. The molecule has 0 bridgehead atoms. The molecule has 1 aliphatic heterocycles. The summed E-state index contributed by atoms with van der Waals surface area (Å²) in [5.41, 5.74) is 0. The van der Waals surface area contributed by atoms with Gasteiger partial charge in [-0.2, -0.15) is 0 Å². The zero-order valence-corrected chi connectivity index (χ0v) is 10.2. The van der Waals surface area contributed by atoms with Crippen molar-refractivity contribution in [2.45, 2.75) is 19.8 Å². The second-order valence-corrected chi connectivity index (χ2v) is 4.58. The number of rotatable bonds is 3. The minimum Gasteiger partial charge on any atom is -0.356 e. The first-order chi connectivity index (χ1) is 8.25. The summed E-state index contributed by atoms with van der Waals surface area (Å²) < 4.78 is 0. The Morgan fingerprint density at radius 2 is 2.47 bits per heavy atom. The Morgan fingerprint density at radius 3 is 3.18 bits per heavy atom. The lowest BCUT2D eigenvalue weighted by molar-refractivity contribution is -0.119.